The van der Waals surface area contributed by atoms with Gasteiger partial charge in [-0.25, -0.2) is 9.48 Å². The van der Waals surface area contributed by atoms with Crippen LogP contribution in [0.25, 0.3) is 0 Å². The van der Waals surface area contributed by atoms with Crippen molar-refractivity contribution in [2.45, 2.75) is 103 Å². The van der Waals surface area contributed by atoms with Gasteiger partial charge >= 0.3 is 5.69 Å². The van der Waals surface area contributed by atoms with E-state index in [9.17, 15) is 9.59 Å². The van der Waals surface area contributed by atoms with Gasteiger partial charge in [0.05, 0.1) is 0 Å². The van der Waals surface area contributed by atoms with E-state index in [1.54, 1.807) is 9.25 Å². The molecule has 1 aliphatic carbocycles. The monoisotopic (exact) mass is 439 g/mol. The lowest BCUT2D eigenvalue weighted by Crippen LogP contribution is -2.56. The van der Waals surface area contributed by atoms with Crippen LogP contribution >= 0.6 is 0 Å². The summed E-state index contributed by atoms with van der Waals surface area (Å²) in [5.41, 5.74) is 2.92. The van der Waals surface area contributed by atoms with Crippen molar-refractivity contribution in [1.29, 1.82) is 0 Å². The molecule has 7 heteroatoms. The number of anilines is 1. The molecule has 4 rings (SSSR count). The molecule has 0 bridgehead atoms. The number of nitrogens with zero attached hydrogens (tertiary/aromatic N) is 3. The molecule has 174 valence electrons. The number of amides is 1. The normalized spacial score (nSPS) is 20.3. The third-order valence-electron chi connectivity index (χ3n) is 7.22. The molecule has 2 N–H and O–H groups in total. The number of carbonyl (C=O) groups is 1. The Morgan fingerprint density at radius 1 is 1.16 bits per heavy atom. The van der Waals surface area contributed by atoms with Gasteiger partial charge in [0.1, 0.15) is 11.4 Å². The number of fused-ring (bicyclic) bond motifs is 1. The predicted octanol–water partition coefficient (Wildman–Crippen LogP) is 3.71. The molecule has 0 spiro atoms. The summed E-state index contributed by atoms with van der Waals surface area (Å²) in [6, 6.07) is 6.40. The van der Waals surface area contributed by atoms with Crippen LogP contribution in [0.1, 0.15) is 75.2 Å². The molecule has 1 atom stereocenters. The highest BCUT2D eigenvalue weighted by Gasteiger charge is 2.40. The van der Waals surface area contributed by atoms with Gasteiger partial charge in [-0.15, -0.1) is 0 Å². The molecule has 1 unspecified atom stereocenters. The largest absolute Gasteiger partial charge is 0.371 e. The van der Waals surface area contributed by atoms with Crippen LogP contribution in [0.2, 0.25) is 0 Å². The fourth-order valence-electron chi connectivity index (χ4n) is 5.11. The van der Waals surface area contributed by atoms with Crippen LogP contribution in [0, 0.1) is 13.8 Å². The van der Waals surface area contributed by atoms with Crippen LogP contribution in [0.15, 0.2) is 23.0 Å². The first kappa shape index (κ1) is 22.6. The zero-order valence-corrected chi connectivity index (χ0v) is 19.7. The van der Waals surface area contributed by atoms with Gasteiger partial charge in [-0.3, -0.25) is 9.36 Å². The first-order valence-corrected chi connectivity index (χ1v) is 12.2. The molecule has 1 saturated carbocycles. The molecule has 2 aromatic rings. The maximum absolute atomic E-state index is 13.6. The van der Waals surface area contributed by atoms with Crippen molar-refractivity contribution in [2.24, 2.45) is 0 Å². The lowest BCUT2D eigenvalue weighted by molar-refractivity contribution is -0.127. The molecule has 7 nitrogen and oxygen atoms in total. The van der Waals surface area contributed by atoms with E-state index in [1.807, 2.05) is 0 Å². The molecule has 0 saturated heterocycles. The van der Waals surface area contributed by atoms with Crippen LogP contribution in [0.4, 0.5) is 5.69 Å². The van der Waals surface area contributed by atoms with Crippen LogP contribution in [0.3, 0.4) is 0 Å². The van der Waals surface area contributed by atoms with E-state index >= 15 is 0 Å². The highest BCUT2D eigenvalue weighted by Crippen LogP contribution is 2.33. The first-order chi connectivity index (χ1) is 15.4. The average molecular weight is 440 g/mol. The van der Waals surface area contributed by atoms with Crippen molar-refractivity contribution < 1.29 is 4.79 Å². The Labute approximate surface area is 190 Å². The zero-order valence-electron chi connectivity index (χ0n) is 19.7. The predicted molar refractivity (Wildman–Crippen MR) is 127 cm³/mol. The van der Waals surface area contributed by atoms with Crippen molar-refractivity contribution in [3.8, 4) is 0 Å². The Morgan fingerprint density at radius 2 is 1.94 bits per heavy atom. The summed E-state index contributed by atoms with van der Waals surface area (Å²) in [6.07, 6.45) is 8.18. The zero-order chi connectivity index (χ0) is 22.7. The summed E-state index contributed by atoms with van der Waals surface area (Å²) < 4.78 is 3.38. The second kappa shape index (κ2) is 9.51. The number of benzene rings is 1. The summed E-state index contributed by atoms with van der Waals surface area (Å²) in [5, 5.41) is 11.5. The molecular weight excluding hydrogens is 402 g/mol. The fourth-order valence-corrected chi connectivity index (χ4v) is 5.11. The molecule has 1 aliphatic heterocycles. The summed E-state index contributed by atoms with van der Waals surface area (Å²) in [7, 11) is 0. The highest BCUT2D eigenvalue weighted by atomic mass is 16.2. The van der Waals surface area contributed by atoms with Gasteiger partial charge in [0.15, 0.2) is 0 Å². The van der Waals surface area contributed by atoms with Gasteiger partial charge < -0.3 is 10.6 Å². The van der Waals surface area contributed by atoms with Crippen LogP contribution in [-0.4, -0.2) is 31.8 Å². The van der Waals surface area contributed by atoms with Gasteiger partial charge in [0.25, 0.3) is 0 Å². The van der Waals surface area contributed by atoms with Crippen molar-refractivity contribution in [3.05, 3.63) is 45.6 Å². The Balaban J connectivity index is 1.46. The minimum atomic E-state index is -0.562. The molecule has 2 heterocycles. The number of rotatable bonds is 6. The minimum absolute atomic E-state index is 0.0195. The lowest BCUT2D eigenvalue weighted by atomic mass is 9.80. The first-order valence-electron chi connectivity index (χ1n) is 12.2. The molecule has 1 fully saturated rings. The number of carbonyl (C=O) groups excluding carboxylic acids is 1. The van der Waals surface area contributed by atoms with E-state index < -0.39 is 5.54 Å². The van der Waals surface area contributed by atoms with E-state index in [-0.39, 0.29) is 17.6 Å². The molecule has 1 aromatic carbocycles. The summed E-state index contributed by atoms with van der Waals surface area (Å²) in [5.74, 6) is 0.948. The van der Waals surface area contributed by atoms with Gasteiger partial charge in [-0.1, -0.05) is 32.3 Å². The van der Waals surface area contributed by atoms with E-state index in [2.05, 4.69) is 54.7 Å². The molecule has 0 radical (unpaired) electrons. The van der Waals surface area contributed by atoms with E-state index in [4.69, 9.17) is 0 Å². The topological polar surface area (TPSA) is 81.0 Å². The summed E-state index contributed by atoms with van der Waals surface area (Å²) in [6.45, 7) is 7.54. The van der Waals surface area contributed by atoms with Gasteiger partial charge in [0, 0.05) is 31.2 Å². The van der Waals surface area contributed by atoms with E-state index in [0.717, 1.165) is 56.5 Å². The van der Waals surface area contributed by atoms with Crippen LogP contribution in [0.5, 0.6) is 0 Å². The number of hydrogen-bond donors (Lipinski definition) is 2. The van der Waals surface area contributed by atoms with Crippen molar-refractivity contribution in [3.63, 3.8) is 0 Å². The number of nitrogens with one attached hydrogen (secondary N) is 2. The number of hydrogen-bond acceptors (Lipinski definition) is 4. The smallest absolute Gasteiger partial charge is 0.345 e. The van der Waals surface area contributed by atoms with Crippen LogP contribution < -0.4 is 16.3 Å². The third kappa shape index (κ3) is 4.62. The second-order valence-electron chi connectivity index (χ2n) is 9.64. The third-order valence-corrected chi connectivity index (χ3v) is 7.22. The van der Waals surface area contributed by atoms with Gasteiger partial charge in [0.2, 0.25) is 5.91 Å². The number of aromatic nitrogens is 3. The molecule has 2 aliphatic rings. The van der Waals surface area contributed by atoms with Crippen molar-refractivity contribution >= 4 is 11.6 Å². The summed E-state index contributed by atoms with van der Waals surface area (Å²) >= 11 is 0. The summed E-state index contributed by atoms with van der Waals surface area (Å²) in [4.78, 5) is 26.2. The Hall–Kier alpha value is -2.57. The average Bonchev–Trinajstić information content (AvgIpc) is 2.94. The van der Waals surface area contributed by atoms with Gasteiger partial charge in [-0.05, 0) is 69.2 Å². The Bertz CT molecular complexity index is 1020. The van der Waals surface area contributed by atoms with E-state index in [0.29, 0.717) is 19.5 Å². The highest BCUT2D eigenvalue weighted by molar-refractivity contribution is 5.89. The standard InChI is InChI=1S/C25H37N5O2/c1-4-15-30-24(32)29-16-12-20(10-11-22(29)28-30)26-23(31)25(13-6-5-7-14-25)27-21-9-8-18(2)19(3)17-21/h8-9,17,20,27H,4-7,10-16H2,1-3H3,(H,26,31). The molecule has 32 heavy (non-hydrogen) atoms. The SMILES string of the molecule is CCCn1nc2n(c1=O)CCC(NC(=O)C1(Nc3ccc(C)c(C)c3)CCCCC1)CC2. The van der Waals surface area contributed by atoms with Crippen molar-refractivity contribution in [2.75, 3.05) is 5.32 Å². The molecule has 1 aromatic heterocycles. The lowest BCUT2D eigenvalue weighted by Gasteiger charge is -2.38. The van der Waals surface area contributed by atoms with E-state index in [1.165, 1.54) is 17.5 Å². The maximum Gasteiger partial charge on any atom is 0.345 e. The maximum atomic E-state index is 13.6. The minimum Gasteiger partial charge on any atom is -0.371 e. The Morgan fingerprint density at radius 3 is 2.66 bits per heavy atom. The van der Waals surface area contributed by atoms with Crippen LogP contribution in [-0.2, 0) is 24.3 Å². The Kier molecular flexibility index (Phi) is 6.72. The van der Waals surface area contributed by atoms with Crippen molar-refractivity contribution in [1.82, 2.24) is 19.7 Å². The number of aryl methyl sites for hydroxylation is 4. The molecular formula is C25H37N5O2. The molecule has 1 amide bonds. The fraction of sp³-hybridized carbons (Fsp3) is 0.640. The quantitative estimate of drug-likeness (QED) is 0.719. The van der Waals surface area contributed by atoms with Gasteiger partial charge in [-0.2, -0.15) is 5.10 Å². The second-order valence-corrected chi connectivity index (χ2v) is 9.64.